The van der Waals surface area contributed by atoms with Crippen molar-refractivity contribution in [1.82, 2.24) is 19.8 Å². The summed E-state index contributed by atoms with van der Waals surface area (Å²) in [5.74, 6) is -6.19. The topological polar surface area (TPSA) is 93.2 Å². The van der Waals surface area contributed by atoms with Gasteiger partial charge in [0.25, 0.3) is 5.91 Å². The van der Waals surface area contributed by atoms with Gasteiger partial charge < -0.3 is 20.5 Å². The Bertz CT molecular complexity index is 1070. The zero-order chi connectivity index (χ0) is 24.5. The molecule has 1 unspecified atom stereocenters. The second kappa shape index (κ2) is 9.41. The van der Waals surface area contributed by atoms with Crippen molar-refractivity contribution in [1.29, 1.82) is 0 Å². The summed E-state index contributed by atoms with van der Waals surface area (Å²) < 4.78 is 81.2. The van der Waals surface area contributed by atoms with E-state index >= 15 is 0 Å². The molecule has 1 aromatic heterocycles. The van der Waals surface area contributed by atoms with Crippen LogP contribution in [0.2, 0.25) is 0 Å². The number of rotatable bonds is 6. The summed E-state index contributed by atoms with van der Waals surface area (Å²) in [7, 11) is 0. The summed E-state index contributed by atoms with van der Waals surface area (Å²) in [5.41, 5.74) is 5.19. The van der Waals surface area contributed by atoms with Gasteiger partial charge >= 0.3 is 6.18 Å². The lowest BCUT2D eigenvalue weighted by atomic mass is 10.0. The van der Waals surface area contributed by atoms with E-state index in [2.05, 4.69) is 10.3 Å². The Morgan fingerprint density at radius 2 is 1.82 bits per heavy atom. The molecule has 2 aromatic rings. The van der Waals surface area contributed by atoms with Crippen LogP contribution in [-0.4, -0.2) is 45.4 Å². The Balaban J connectivity index is 1.76. The van der Waals surface area contributed by atoms with Crippen molar-refractivity contribution in [3.8, 4) is 0 Å². The van der Waals surface area contributed by atoms with Gasteiger partial charge in [-0.1, -0.05) is 0 Å². The van der Waals surface area contributed by atoms with E-state index < -0.39 is 53.0 Å². The second-order valence-electron chi connectivity index (χ2n) is 7.58. The third kappa shape index (κ3) is 5.29. The van der Waals surface area contributed by atoms with E-state index in [0.29, 0.717) is 12.1 Å². The highest BCUT2D eigenvalue weighted by molar-refractivity contribution is 5.93. The van der Waals surface area contributed by atoms with Gasteiger partial charge in [0.2, 0.25) is 11.7 Å². The molecule has 33 heavy (non-hydrogen) atoms. The zero-order valence-corrected chi connectivity index (χ0v) is 17.5. The number of alkyl halides is 3. The number of carbonyl (C=O) groups excluding carboxylic acids is 2. The normalized spacial score (nSPS) is 14.7. The van der Waals surface area contributed by atoms with Crippen molar-refractivity contribution in [3.63, 3.8) is 0 Å². The number of nitrogens with zero attached hydrogens (tertiary/aromatic N) is 3. The molecule has 0 spiro atoms. The molecule has 1 aliphatic rings. The van der Waals surface area contributed by atoms with E-state index in [9.17, 15) is 35.9 Å². The molecule has 13 heteroatoms. The minimum absolute atomic E-state index is 0.0619. The molecular formula is C20H21F6N5O2. The first-order valence-corrected chi connectivity index (χ1v) is 10.0. The smallest absolute Gasteiger partial charge is 0.351 e. The Morgan fingerprint density at radius 3 is 2.45 bits per heavy atom. The number of carbonyl (C=O) groups is 2. The van der Waals surface area contributed by atoms with Gasteiger partial charge in [-0.05, 0) is 25.0 Å². The highest BCUT2D eigenvalue weighted by Crippen LogP contribution is 2.32. The molecule has 3 rings (SSSR count). The van der Waals surface area contributed by atoms with E-state index in [1.807, 2.05) is 0 Å². The molecule has 2 amide bonds. The predicted molar refractivity (Wildman–Crippen MR) is 103 cm³/mol. The fraction of sp³-hybridized carbons (Fsp3) is 0.450. The summed E-state index contributed by atoms with van der Waals surface area (Å²) in [6.07, 6.45) is -5.37. The van der Waals surface area contributed by atoms with Crippen molar-refractivity contribution < 1.29 is 35.9 Å². The standard InChI is InChI=1S/C20H21F6N5O2/c1-2-28-18(33)17-15-9-30(3-4-31(15)19(29-17)20(24,25)26)16(32)7-11(27)5-10-6-13(22)14(23)8-12(10)21/h6,8,11H,2-5,7,9,27H2,1H3,(H,28,33). The Morgan fingerprint density at radius 1 is 1.15 bits per heavy atom. The zero-order valence-electron chi connectivity index (χ0n) is 17.5. The SMILES string of the molecule is CCNC(=O)c1nc(C(F)(F)F)n2c1CN(C(=O)CC(N)Cc1cc(F)c(F)cc1F)CC2. The summed E-state index contributed by atoms with van der Waals surface area (Å²) >= 11 is 0. The molecule has 0 saturated heterocycles. The predicted octanol–water partition coefficient (Wildman–Crippen LogP) is 2.37. The van der Waals surface area contributed by atoms with Crippen LogP contribution in [0.5, 0.6) is 0 Å². The molecule has 180 valence electrons. The Hall–Kier alpha value is -3.09. The largest absolute Gasteiger partial charge is 0.449 e. The molecule has 1 aliphatic heterocycles. The fourth-order valence-corrected chi connectivity index (χ4v) is 3.65. The minimum atomic E-state index is -4.79. The highest BCUT2D eigenvalue weighted by Gasteiger charge is 2.41. The number of hydrogen-bond acceptors (Lipinski definition) is 4. The number of hydrogen-bond donors (Lipinski definition) is 2. The second-order valence-corrected chi connectivity index (χ2v) is 7.58. The van der Waals surface area contributed by atoms with Crippen molar-refractivity contribution in [2.45, 2.75) is 45.1 Å². The maximum Gasteiger partial charge on any atom is 0.449 e. The van der Waals surface area contributed by atoms with Crippen LogP contribution in [0.3, 0.4) is 0 Å². The van der Waals surface area contributed by atoms with Crippen LogP contribution in [0.15, 0.2) is 12.1 Å². The number of fused-ring (bicyclic) bond motifs is 1. The molecule has 3 N–H and O–H groups in total. The van der Waals surface area contributed by atoms with Gasteiger partial charge in [0.1, 0.15) is 5.82 Å². The quantitative estimate of drug-likeness (QED) is 0.494. The first kappa shape index (κ1) is 24.6. The maximum absolute atomic E-state index is 13.8. The lowest BCUT2D eigenvalue weighted by Crippen LogP contribution is -2.42. The molecule has 1 atom stereocenters. The van der Waals surface area contributed by atoms with Crippen LogP contribution in [0.4, 0.5) is 26.3 Å². The van der Waals surface area contributed by atoms with Crippen LogP contribution < -0.4 is 11.1 Å². The van der Waals surface area contributed by atoms with Gasteiger partial charge in [-0.25, -0.2) is 18.2 Å². The molecule has 0 fully saturated rings. The van der Waals surface area contributed by atoms with E-state index in [-0.39, 0.29) is 50.3 Å². The van der Waals surface area contributed by atoms with E-state index in [1.54, 1.807) is 6.92 Å². The number of nitrogens with one attached hydrogen (secondary N) is 1. The first-order chi connectivity index (χ1) is 15.4. The number of aromatic nitrogens is 2. The van der Waals surface area contributed by atoms with Crippen LogP contribution in [0.25, 0.3) is 0 Å². The van der Waals surface area contributed by atoms with Gasteiger partial charge in [-0.3, -0.25) is 9.59 Å². The van der Waals surface area contributed by atoms with Crippen molar-refractivity contribution in [3.05, 3.63) is 52.4 Å². The third-order valence-electron chi connectivity index (χ3n) is 5.17. The molecular weight excluding hydrogens is 456 g/mol. The minimum Gasteiger partial charge on any atom is -0.351 e. The van der Waals surface area contributed by atoms with Gasteiger partial charge in [-0.15, -0.1) is 0 Å². The Kier molecular flexibility index (Phi) is 7.00. The van der Waals surface area contributed by atoms with Crippen molar-refractivity contribution in [2.24, 2.45) is 5.73 Å². The molecule has 2 heterocycles. The van der Waals surface area contributed by atoms with Crippen LogP contribution in [-0.2, 0) is 30.5 Å². The number of halogens is 6. The van der Waals surface area contributed by atoms with Gasteiger partial charge in [-0.2, -0.15) is 13.2 Å². The molecule has 0 radical (unpaired) electrons. The van der Waals surface area contributed by atoms with Gasteiger partial charge in [0.05, 0.1) is 12.2 Å². The molecule has 7 nitrogen and oxygen atoms in total. The van der Waals surface area contributed by atoms with Crippen LogP contribution in [0, 0.1) is 17.5 Å². The average Bonchev–Trinajstić information content (AvgIpc) is 3.11. The highest BCUT2D eigenvalue weighted by atomic mass is 19.4. The van der Waals surface area contributed by atoms with Crippen LogP contribution >= 0.6 is 0 Å². The first-order valence-electron chi connectivity index (χ1n) is 10.0. The molecule has 1 aromatic carbocycles. The summed E-state index contributed by atoms with van der Waals surface area (Å²) in [6.45, 7) is 1.13. The van der Waals surface area contributed by atoms with Crippen LogP contribution in [0.1, 0.15) is 40.9 Å². The van der Waals surface area contributed by atoms with Crippen molar-refractivity contribution >= 4 is 11.8 Å². The number of amides is 2. The number of benzene rings is 1. The van der Waals surface area contributed by atoms with E-state index in [4.69, 9.17) is 5.73 Å². The van der Waals surface area contributed by atoms with Gasteiger partial charge in [0.15, 0.2) is 17.3 Å². The Labute approximate surface area is 184 Å². The van der Waals surface area contributed by atoms with Gasteiger partial charge in [0, 0.05) is 38.2 Å². The molecule has 0 bridgehead atoms. The van der Waals surface area contributed by atoms with Crippen molar-refractivity contribution in [2.75, 3.05) is 13.1 Å². The lowest BCUT2D eigenvalue weighted by molar-refractivity contribution is -0.148. The number of imidazole rings is 1. The summed E-state index contributed by atoms with van der Waals surface area (Å²) in [4.78, 5) is 29.6. The third-order valence-corrected chi connectivity index (χ3v) is 5.17. The lowest BCUT2D eigenvalue weighted by Gasteiger charge is -2.30. The van der Waals surface area contributed by atoms with E-state index in [1.165, 1.54) is 4.90 Å². The average molecular weight is 477 g/mol. The van der Waals surface area contributed by atoms with E-state index in [0.717, 1.165) is 4.57 Å². The fourth-order valence-electron chi connectivity index (χ4n) is 3.65. The summed E-state index contributed by atoms with van der Waals surface area (Å²) in [6, 6.07) is 0.0787. The monoisotopic (exact) mass is 477 g/mol. The molecule has 0 aliphatic carbocycles. The molecule has 0 saturated carbocycles. The maximum atomic E-state index is 13.8. The summed E-state index contributed by atoms with van der Waals surface area (Å²) in [5, 5.41) is 2.40. The number of nitrogens with two attached hydrogens (primary N) is 1.